The van der Waals surface area contributed by atoms with Gasteiger partial charge in [-0.2, -0.15) is 4.79 Å². The van der Waals surface area contributed by atoms with Crippen molar-refractivity contribution in [3.8, 4) is 0 Å². The van der Waals surface area contributed by atoms with Gasteiger partial charge in [-0.3, -0.25) is 9.59 Å². The smallest absolute Gasteiger partial charge is 0.360 e. The number of carbonyl (C=O) groups excluding carboxylic acids is 2. The van der Waals surface area contributed by atoms with Gasteiger partial charge in [0.15, 0.2) is 0 Å². The average Bonchev–Trinajstić information content (AvgIpc) is 2.19. The van der Waals surface area contributed by atoms with Crippen LogP contribution in [-0.4, -0.2) is 22.1 Å². The van der Waals surface area contributed by atoms with Crippen molar-refractivity contribution in [3.63, 3.8) is 0 Å². The van der Waals surface area contributed by atoms with Crippen LogP contribution in [0.4, 0.5) is 0 Å². The van der Waals surface area contributed by atoms with E-state index in [4.69, 9.17) is 5.53 Å². The van der Waals surface area contributed by atoms with E-state index >= 15 is 0 Å². The van der Waals surface area contributed by atoms with Crippen LogP contribution in [0.25, 0.3) is 5.53 Å². The van der Waals surface area contributed by atoms with Crippen molar-refractivity contribution in [1.82, 2.24) is 0 Å². The Hall–Kier alpha value is -2.06. The maximum atomic E-state index is 11.6. The van der Waals surface area contributed by atoms with E-state index in [9.17, 15) is 9.59 Å². The van der Waals surface area contributed by atoms with E-state index in [1.54, 1.807) is 24.3 Å². The fourth-order valence-corrected chi connectivity index (χ4v) is 1.12. The lowest BCUT2D eigenvalue weighted by atomic mass is 10.0. The number of hydrogen-bond donors (Lipinski definition) is 0. The topological polar surface area (TPSA) is 70.5 Å². The van der Waals surface area contributed by atoms with Crippen LogP contribution in [0.3, 0.4) is 0 Å². The third-order valence-corrected chi connectivity index (χ3v) is 1.96. The third-order valence-electron chi connectivity index (χ3n) is 1.96. The molecule has 0 atom stereocenters. The molecule has 0 heterocycles. The fraction of sp³-hybridized carbons (Fsp3) is 0.182. The van der Waals surface area contributed by atoms with Gasteiger partial charge in [0.2, 0.25) is 5.78 Å². The predicted octanol–water partition coefficient (Wildman–Crippen LogP) is 1.44. The molecule has 0 saturated carbocycles. The van der Waals surface area contributed by atoms with Gasteiger partial charge in [0.1, 0.15) is 0 Å². The predicted molar refractivity (Wildman–Crippen MR) is 54.8 cm³/mol. The Morgan fingerprint density at radius 3 is 2.13 bits per heavy atom. The summed E-state index contributed by atoms with van der Waals surface area (Å²) < 4.78 is 0. The molecule has 0 fully saturated rings. The maximum absolute atomic E-state index is 11.6. The molecule has 76 valence electrons. The molecular weight excluding hydrogens is 192 g/mol. The minimum absolute atomic E-state index is 0.337. The molecule has 1 rings (SSSR count). The van der Waals surface area contributed by atoms with E-state index < -0.39 is 17.3 Å². The second-order valence-corrected chi connectivity index (χ2v) is 3.20. The molecule has 0 radical (unpaired) electrons. The molecule has 0 unspecified atom stereocenters. The van der Waals surface area contributed by atoms with Crippen LogP contribution in [-0.2, 0) is 4.79 Å². The molecule has 1 aromatic carbocycles. The minimum atomic E-state index is -0.565. The largest absolute Gasteiger partial charge is 0.404 e. The van der Waals surface area contributed by atoms with Gasteiger partial charge in [-0.15, -0.1) is 0 Å². The molecule has 0 N–H and O–H groups in total. The van der Waals surface area contributed by atoms with E-state index in [1.165, 1.54) is 6.92 Å². The summed E-state index contributed by atoms with van der Waals surface area (Å²) in [6.45, 7) is 3.07. The second kappa shape index (κ2) is 4.44. The molecule has 15 heavy (non-hydrogen) atoms. The van der Waals surface area contributed by atoms with Crippen LogP contribution in [0.15, 0.2) is 24.3 Å². The first-order valence-electron chi connectivity index (χ1n) is 4.40. The quantitative estimate of drug-likeness (QED) is 0.244. The summed E-state index contributed by atoms with van der Waals surface area (Å²) in [6.07, 6.45) is 0. The molecule has 4 nitrogen and oxygen atoms in total. The molecule has 0 aromatic heterocycles. The standard InChI is InChI=1S/C11H10N2O2/c1-7-3-5-9(6-4-7)11(15)10(13-12)8(2)14/h3-6H,1-2H3. The lowest BCUT2D eigenvalue weighted by Gasteiger charge is -1.95. The number of carbonyl (C=O) groups is 2. The highest BCUT2D eigenvalue weighted by Crippen LogP contribution is 2.04. The number of nitrogens with zero attached hydrogens (tertiary/aromatic N) is 2. The molecule has 0 bridgehead atoms. The molecule has 0 spiro atoms. The van der Waals surface area contributed by atoms with E-state index in [0.29, 0.717) is 5.56 Å². The van der Waals surface area contributed by atoms with Gasteiger partial charge >= 0.3 is 5.71 Å². The molecule has 0 saturated heterocycles. The Bertz CT molecular complexity index is 454. The van der Waals surface area contributed by atoms with Gasteiger partial charge in [-0.1, -0.05) is 29.8 Å². The normalized spacial score (nSPS) is 9.20. The molecular formula is C11H10N2O2. The summed E-state index contributed by atoms with van der Waals surface area (Å²) in [4.78, 5) is 25.3. The van der Waals surface area contributed by atoms with Crippen molar-refractivity contribution in [2.45, 2.75) is 13.8 Å². The van der Waals surface area contributed by atoms with E-state index in [2.05, 4.69) is 4.79 Å². The SMILES string of the molecule is CC(=O)C(=[N+]=[N-])C(=O)c1ccc(C)cc1. The van der Waals surface area contributed by atoms with Crippen molar-refractivity contribution in [3.05, 3.63) is 40.9 Å². The van der Waals surface area contributed by atoms with E-state index in [-0.39, 0.29) is 0 Å². The van der Waals surface area contributed by atoms with Crippen LogP contribution >= 0.6 is 0 Å². The van der Waals surface area contributed by atoms with E-state index in [0.717, 1.165) is 5.56 Å². The number of Topliss-reactive ketones (excluding diaryl/α,β-unsaturated/α-hetero) is 2. The van der Waals surface area contributed by atoms with Crippen molar-refractivity contribution < 1.29 is 14.4 Å². The van der Waals surface area contributed by atoms with Crippen LogP contribution < -0.4 is 0 Å². The highest BCUT2D eigenvalue weighted by Gasteiger charge is 2.26. The maximum Gasteiger partial charge on any atom is 0.404 e. The Balaban J connectivity index is 3.10. The number of aryl methyl sites for hydroxylation is 1. The number of rotatable bonds is 3. The zero-order chi connectivity index (χ0) is 11.4. The first-order chi connectivity index (χ1) is 7.06. The number of benzene rings is 1. The molecule has 1 aromatic rings. The summed E-state index contributed by atoms with van der Waals surface area (Å²) in [7, 11) is 0. The van der Waals surface area contributed by atoms with Crippen molar-refractivity contribution >= 4 is 17.3 Å². The van der Waals surface area contributed by atoms with Gasteiger partial charge in [0, 0.05) is 12.5 Å². The molecule has 0 aliphatic rings. The number of hydrogen-bond acceptors (Lipinski definition) is 2. The zero-order valence-corrected chi connectivity index (χ0v) is 8.52. The summed E-state index contributed by atoms with van der Waals surface area (Å²) in [5, 5.41) is 0. The van der Waals surface area contributed by atoms with Crippen LogP contribution in [0.5, 0.6) is 0 Å². The molecule has 4 heteroatoms. The first kappa shape index (κ1) is 11.0. The van der Waals surface area contributed by atoms with Crippen molar-refractivity contribution in [2.24, 2.45) is 0 Å². The minimum Gasteiger partial charge on any atom is -0.360 e. The second-order valence-electron chi connectivity index (χ2n) is 3.20. The van der Waals surface area contributed by atoms with Gasteiger partial charge in [0.25, 0.3) is 5.78 Å². The molecule has 0 amide bonds. The number of ketones is 2. The van der Waals surface area contributed by atoms with Crippen molar-refractivity contribution in [2.75, 3.05) is 0 Å². The van der Waals surface area contributed by atoms with E-state index in [1.807, 2.05) is 6.92 Å². The van der Waals surface area contributed by atoms with Crippen LogP contribution in [0.2, 0.25) is 0 Å². The third kappa shape index (κ3) is 2.45. The summed E-state index contributed by atoms with van der Waals surface area (Å²) >= 11 is 0. The van der Waals surface area contributed by atoms with Gasteiger partial charge in [0.05, 0.1) is 0 Å². The Morgan fingerprint density at radius 1 is 1.20 bits per heavy atom. The lowest BCUT2D eigenvalue weighted by Crippen LogP contribution is -2.23. The Labute approximate surface area is 87.2 Å². The van der Waals surface area contributed by atoms with Gasteiger partial charge in [-0.05, 0) is 6.92 Å². The average molecular weight is 202 g/mol. The molecule has 0 aliphatic carbocycles. The Kier molecular flexibility index (Phi) is 3.26. The highest BCUT2D eigenvalue weighted by atomic mass is 16.1. The zero-order valence-electron chi connectivity index (χ0n) is 8.52. The Morgan fingerprint density at radius 2 is 1.73 bits per heavy atom. The fourth-order valence-electron chi connectivity index (χ4n) is 1.12. The van der Waals surface area contributed by atoms with Crippen molar-refractivity contribution in [1.29, 1.82) is 0 Å². The monoisotopic (exact) mass is 202 g/mol. The highest BCUT2D eigenvalue weighted by molar-refractivity contribution is 6.66. The summed E-state index contributed by atoms with van der Waals surface area (Å²) in [6, 6.07) is 6.68. The molecule has 0 aliphatic heterocycles. The summed E-state index contributed by atoms with van der Waals surface area (Å²) in [5.41, 5.74) is 9.43. The van der Waals surface area contributed by atoms with Crippen LogP contribution in [0.1, 0.15) is 22.8 Å². The summed E-state index contributed by atoms with van der Waals surface area (Å²) in [5.74, 6) is -1.12. The van der Waals surface area contributed by atoms with Gasteiger partial charge in [-0.25, -0.2) is 0 Å². The lowest BCUT2D eigenvalue weighted by molar-refractivity contribution is -0.115. The first-order valence-corrected chi connectivity index (χ1v) is 4.40. The van der Waals surface area contributed by atoms with Crippen LogP contribution in [0, 0.1) is 6.92 Å². The van der Waals surface area contributed by atoms with Gasteiger partial charge < -0.3 is 5.53 Å².